The zero-order chi connectivity index (χ0) is 24.4. The van der Waals surface area contributed by atoms with Gasteiger partial charge in [0.15, 0.2) is 5.01 Å². The van der Waals surface area contributed by atoms with E-state index >= 15 is 0 Å². The van der Waals surface area contributed by atoms with E-state index < -0.39 is 23.2 Å². The molecule has 2 aromatic carbocycles. The molecule has 4 aromatic rings. The van der Waals surface area contributed by atoms with E-state index in [-0.39, 0.29) is 11.4 Å². The zero-order valence-corrected chi connectivity index (χ0v) is 18.9. The third-order valence-electron chi connectivity index (χ3n) is 5.65. The molecule has 0 aliphatic heterocycles. The lowest BCUT2D eigenvalue weighted by Crippen LogP contribution is -2.19. The number of amides is 1. The van der Waals surface area contributed by atoms with Gasteiger partial charge in [0.25, 0.3) is 5.91 Å². The monoisotopic (exact) mass is 494 g/mol. The highest BCUT2D eigenvalue weighted by atomic mass is 32.1. The molecule has 0 bridgehead atoms. The number of rotatable bonds is 4. The van der Waals surface area contributed by atoms with Gasteiger partial charge in [0.05, 0.1) is 16.8 Å². The van der Waals surface area contributed by atoms with Gasteiger partial charge < -0.3 is 5.32 Å². The summed E-state index contributed by atoms with van der Waals surface area (Å²) in [6.45, 7) is 0. The number of nitrogens with one attached hydrogen (secondary N) is 2. The summed E-state index contributed by atoms with van der Waals surface area (Å²) in [7, 11) is 0. The molecule has 2 N–H and O–H groups in total. The van der Waals surface area contributed by atoms with Crippen LogP contribution in [0.15, 0.2) is 47.8 Å². The fraction of sp³-hybridized carbons (Fsp3) is 0.208. The molecule has 1 aliphatic carbocycles. The van der Waals surface area contributed by atoms with Crippen LogP contribution in [0, 0.1) is 11.8 Å². The summed E-state index contributed by atoms with van der Waals surface area (Å²) in [5.41, 5.74) is 0.477. The Morgan fingerprint density at radius 3 is 2.71 bits per heavy atom. The first-order valence-corrected chi connectivity index (χ1v) is 11.6. The third kappa shape index (κ3) is 5.07. The van der Waals surface area contributed by atoms with Crippen molar-refractivity contribution in [2.24, 2.45) is 0 Å². The highest BCUT2D eigenvalue weighted by Crippen LogP contribution is 2.36. The first-order valence-electron chi connectivity index (χ1n) is 10.7. The fourth-order valence-electron chi connectivity index (χ4n) is 3.63. The van der Waals surface area contributed by atoms with E-state index in [0.717, 1.165) is 30.7 Å². The standard InChI is InChI=1S/C24H17F3N6OS/c25-24(26,27)19-12-16(22-30-32-33-31-22)8-9-18(19)23(34)28-17-6-1-3-14(11-17)7-10-21-29-20(13-35-21)15-4-2-5-15/h1,3,6,8-9,11-13,15H,2,4-5H2,(H,28,34)(H,30,31,32,33). The second kappa shape index (κ2) is 9.31. The van der Waals surface area contributed by atoms with Gasteiger partial charge in [-0.25, -0.2) is 4.98 Å². The maximum atomic E-state index is 13.7. The van der Waals surface area contributed by atoms with Crippen molar-refractivity contribution in [3.05, 3.63) is 75.2 Å². The van der Waals surface area contributed by atoms with Gasteiger partial charge in [-0.05, 0) is 54.3 Å². The Bertz CT molecular complexity index is 1430. The lowest BCUT2D eigenvalue weighted by atomic mass is 9.83. The van der Waals surface area contributed by atoms with Crippen LogP contribution in [-0.4, -0.2) is 31.5 Å². The number of aromatic amines is 1. The quantitative estimate of drug-likeness (QED) is 0.377. The minimum absolute atomic E-state index is 0.00577. The van der Waals surface area contributed by atoms with Crippen LogP contribution < -0.4 is 5.32 Å². The number of nitrogens with zero attached hydrogens (tertiary/aromatic N) is 4. The van der Waals surface area contributed by atoms with E-state index in [1.54, 1.807) is 24.3 Å². The Morgan fingerprint density at radius 2 is 2.00 bits per heavy atom. The molecule has 7 nitrogen and oxygen atoms in total. The summed E-state index contributed by atoms with van der Waals surface area (Å²) in [6.07, 6.45) is -1.20. The molecule has 0 unspecified atom stereocenters. The minimum atomic E-state index is -4.76. The molecule has 1 saturated carbocycles. The van der Waals surface area contributed by atoms with Crippen LogP contribution in [0.4, 0.5) is 18.9 Å². The topological polar surface area (TPSA) is 96.5 Å². The number of hydrogen-bond donors (Lipinski definition) is 2. The normalized spacial score (nSPS) is 13.6. The molecule has 176 valence electrons. The predicted molar refractivity (Wildman–Crippen MR) is 124 cm³/mol. The number of thiazole rings is 1. The van der Waals surface area contributed by atoms with E-state index in [9.17, 15) is 18.0 Å². The molecular weight excluding hydrogens is 477 g/mol. The van der Waals surface area contributed by atoms with Crippen molar-refractivity contribution in [3.63, 3.8) is 0 Å². The summed E-state index contributed by atoms with van der Waals surface area (Å²) in [5.74, 6) is 5.66. The number of alkyl halides is 3. The average molecular weight is 495 g/mol. The average Bonchev–Trinajstić information content (AvgIpc) is 3.49. The van der Waals surface area contributed by atoms with Crippen LogP contribution in [-0.2, 0) is 6.18 Å². The van der Waals surface area contributed by atoms with Crippen molar-refractivity contribution in [2.45, 2.75) is 31.4 Å². The maximum absolute atomic E-state index is 13.7. The number of benzene rings is 2. The Labute approximate surface area is 201 Å². The summed E-state index contributed by atoms with van der Waals surface area (Å²) in [6, 6.07) is 9.87. The molecule has 0 atom stereocenters. The highest BCUT2D eigenvalue weighted by molar-refractivity contribution is 7.10. The Balaban J connectivity index is 1.35. The van der Waals surface area contributed by atoms with E-state index in [2.05, 4.69) is 42.8 Å². The Morgan fingerprint density at radius 1 is 1.14 bits per heavy atom. The van der Waals surface area contributed by atoms with Gasteiger partial charge in [-0.15, -0.1) is 21.5 Å². The second-order valence-corrected chi connectivity index (χ2v) is 8.84. The molecule has 0 spiro atoms. The zero-order valence-electron chi connectivity index (χ0n) is 18.1. The van der Waals surface area contributed by atoms with Crippen molar-refractivity contribution in [2.75, 3.05) is 5.32 Å². The number of hydrogen-bond acceptors (Lipinski definition) is 6. The largest absolute Gasteiger partial charge is 0.417 e. The fourth-order valence-corrected chi connectivity index (χ4v) is 4.38. The molecular formula is C24H17F3N6OS. The van der Waals surface area contributed by atoms with Gasteiger partial charge >= 0.3 is 6.18 Å². The maximum Gasteiger partial charge on any atom is 0.417 e. The smallest absolute Gasteiger partial charge is 0.322 e. The molecule has 11 heteroatoms. The lowest BCUT2D eigenvalue weighted by Gasteiger charge is -2.22. The molecule has 0 radical (unpaired) electrons. The van der Waals surface area contributed by atoms with Crippen LogP contribution in [0.25, 0.3) is 11.4 Å². The molecule has 0 saturated heterocycles. The molecule has 2 aromatic heterocycles. The molecule has 1 fully saturated rings. The number of carbonyl (C=O) groups is 1. The van der Waals surface area contributed by atoms with Crippen LogP contribution in [0.5, 0.6) is 0 Å². The third-order valence-corrected chi connectivity index (χ3v) is 6.43. The molecule has 1 amide bonds. The number of tetrazole rings is 1. The number of anilines is 1. The van der Waals surface area contributed by atoms with Crippen molar-refractivity contribution < 1.29 is 18.0 Å². The van der Waals surface area contributed by atoms with E-state index in [4.69, 9.17) is 0 Å². The van der Waals surface area contributed by atoms with Gasteiger partial charge in [0.2, 0.25) is 5.82 Å². The van der Waals surface area contributed by atoms with Crippen LogP contribution >= 0.6 is 11.3 Å². The summed E-state index contributed by atoms with van der Waals surface area (Å²) in [4.78, 5) is 17.3. The molecule has 1 aliphatic rings. The summed E-state index contributed by atoms with van der Waals surface area (Å²) >= 11 is 1.49. The number of H-pyrrole nitrogens is 1. The SMILES string of the molecule is O=C(Nc1cccc(C#Cc2nc(C3CCC3)cs2)c1)c1ccc(-c2nn[nH]n2)cc1C(F)(F)F. The van der Waals surface area contributed by atoms with Crippen LogP contribution in [0.2, 0.25) is 0 Å². The second-order valence-electron chi connectivity index (χ2n) is 7.98. The van der Waals surface area contributed by atoms with Crippen molar-refractivity contribution in [1.29, 1.82) is 0 Å². The van der Waals surface area contributed by atoms with E-state index in [1.165, 1.54) is 23.8 Å². The van der Waals surface area contributed by atoms with Crippen molar-refractivity contribution in [3.8, 4) is 23.2 Å². The summed E-state index contributed by atoms with van der Waals surface area (Å²) < 4.78 is 41.1. The lowest BCUT2D eigenvalue weighted by molar-refractivity contribution is -0.137. The van der Waals surface area contributed by atoms with Crippen molar-refractivity contribution >= 4 is 22.9 Å². The minimum Gasteiger partial charge on any atom is -0.322 e. The van der Waals surface area contributed by atoms with E-state index in [0.29, 0.717) is 22.2 Å². The predicted octanol–water partition coefficient (Wildman–Crippen LogP) is 5.26. The molecule has 35 heavy (non-hydrogen) atoms. The van der Waals surface area contributed by atoms with Gasteiger partial charge in [-0.2, -0.15) is 18.4 Å². The Kier molecular flexibility index (Phi) is 6.05. The van der Waals surface area contributed by atoms with Gasteiger partial charge in [-0.1, -0.05) is 24.5 Å². The Hall–Kier alpha value is -4.04. The molecule has 5 rings (SSSR count). The van der Waals surface area contributed by atoms with Crippen LogP contribution in [0.3, 0.4) is 0 Å². The number of aromatic nitrogens is 5. The number of carbonyl (C=O) groups excluding carboxylic acids is 1. The van der Waals surface area contributed by atoms with E-state index in [1.807, 2.05) is 5.38 Å². The van der Waals surface area contributed by atoms with Crippen molar-refractivity contribution in [1.82, 2.24) is 25.6 Å². The first-order chi connectivity index (χ1) is 16.9. The van der Waals surface area contributed by atoms with Gasteiger partial charge in [0.1, 0.15) is 0 Å². The van der Waals surface area contributed by atoms with Gasteiger partial charge in [0, 0.05) is 28.1 Å². The molecule has 2 heterocycles. The first kappa shape index (κ1) is 22.7. The highest BCUT2D eigenvalue weighted by Gasteiger charge is 2.36. The summed E-state index contributed by atoms with van der Waals surface area (Å²) in [5, 5.41) is 18.2. The van der Waals surface area contributed by atoms with Crippen LogP contribution in [0.1, 0.15) is 57.4 Å². The van der Waals surface area contributed by atoms with Gasteiger partial charge in [-0.3, -0.25) is 4.79 Å². The number of halogens is 3.